The number of carboxylic acid groups (broad SMARTS) is 1. The monoisotopic (exact) mass is 461 g/mol. The molecule has 1 aromatic carbocycles. The number of piperidine rings is 1. The molecular weight excluding hydrogens is 440 g/mol. The van der Waals surface area contributed by atoms with Crippen LogP contribution in [0.3, 0.4) is 0 Å². The second-order valence-electron chi connectivity index (χ2n) is 7.63. The number of aromatic nitrogens is 4. The van der Waals surface area contributed by atoms with Crippen LogP contribution in [0.5, 0.6) is 0 Å². The van der Waals surface area contributed by atoms with Crippen molar-refractivity contribution in [1.29, 1.82) is 0 Å². The summed E-state index contributed by atoms with van der Waals surface area (Å²) in [6.07, 6.45) is 4.13. The van der Waals surface area contributed by atoms with E-state index < -0.39 is 17.6 Å². The quantitative estimate of drug-likeness (QED) is 0.542. The van der Waals surface area contributed by atoms with E-state index in [0.29, 0.717) is 18.8 Å². The van der Waals surface area contributed by atoms with Crippen LogP contribution in [0.15, 0.2) is 35.2 Å². The summed E-state index contributed by atoms with van der Waals surface area (Å²) < 4.78 is 39.0. The highest BCUT2D eigenvalue weighted by atomic mass is 19.1. The first-order valence-corrected chi connectivity index (χ1v) is 10.3. The predicted molar refractivity (Wildman–Crippen MR) is 107 cm³/mol. The fourth-order valence-electron chi connectivity index (χ4n) is 3.67. The zero-order chi connectivity index (χ0) is 23.4. The van der Waals surface area contributed by atoms with E-state index in [1.165, 1.54) is 10.9 Å². The highest BCUT2D eigenvalue weighted by Gasteiger charge is 2.25. The maximum Gasteiger partial charge on any atom is 0.358 e. The first kappa shape index (κ1) is 22.5. The van der Waals surface area contributed by atoms with Gasteiger partial charge in [0.2, 0.25) is 5.91 Å². The second-order valence-corrected chi connectivity index (χ2v) is 7.63. The Morgan fingerprint density at radius 3 is 2.79 bits per heavy atom. The predicted octanol–water partition coefficient (Wildman–Crippen LogP) is 2.37. The number of carboxylic acids is 1. The van der Waals surface area contributed by atoms with Crippen molar-refractivity contribution in [3.05, 3.63) is 59.6 Å². The van der Waals surface area contributed by atoms with E-state index in [-0.39, 0.29) is 48.6 Å². The Labute approximate surface area is 186 Å². The second kappa shape index (κ2) is 9.86. The molecule has 1 fully saturated rings. The van der Waals surface area contributed by atoms with E-state index in [1.54, 1.807) is 4.90 Å². The zero-order valence-electron chi connectivity index (χ0n) is 17.5. The smallest absolute Gasteiger partial charge is 0.358 e. The fourth-order valence-corrected chi connectivity index (χ4v) is 3.67. The Hall–Kier alpha value is -3.67. The molecule has 174 valence electrons. The van der Waals surface area contributed by atoms with Crippen molar-refractivity contribution in [2.75, 3.05) is 13.1 Å². The number of aromatic carboxylic acids is 1. The molecule has 1 aliphatic heterocycles. The highest BCUT2D eigenvalue weighted by molar-refractivity contribution is 5.86. The van der Waals surface area contributed by atoms with Gasteiger partial charge in [0.1, 0.15) is 23.1 Å². The Morgan fingerprint density at radius 1 is 1.24 bits per heavy atom. The maximum atomic E-state index is 13.4. The van der Waals surface area contributed by atoms with E-state index in [4.69, 9.17) is 14.3 Å². The van der Waals surface area contributed by atoms with E-state index in [0.717, 1.165) is 37.4 Å². The van der Waals surface area contributed by atoms with Gasteiger partial charge in [-0.2, -0.15) is 0 Å². The number of carbonyl (C=O) groups is 2. The van der Waals surface area contributed by atoms with Crippen molar-refractivity contribution in [3.63, 3.8) is 0 Å². The third-order valence-corrected chi connectivity index (χ3v) is 5.26. The zero-order valence-corrected chi connectivity index (χ0v) is 17.5. The average molecular weight is 461 g/mol. The number of nitrogens with zero attached hydrogens (tertiary/aromatic N) is 5. The van der Waals surface area contributed by atoms with Crippen molar-refractivity contribution in [1.82, 2.24) is 24.9 Å². The average Bonchev–Trinajstić information content (AvgIpc) is 3.45. The van der Waals surface area contributed by atoms with E-state index >= 15 is 0 Å². The lowest BCUT2D eigenvalue weighted by Gasteiger charge is -2.32. The van der Waals surface area contributed by atoms with Gasteiger partial charge in [0, 0.05) is 32.0 Å². The molecule has 33 heavy (non-hydrogen) atoms. The van der Waals surface area contributed by atoms with Gasteiger partial charge in [-0.3, -0.25) is 4.79 Å². The molecule has 1 atom stereocenters. The lowest BCUT2D eigenvalue weighted by atomic mass is 10.1. The number of benzene rings is 1. The molecule has 12 heteroatoms. The number of halogens is 2. The van der Waals surface area contributed by atoms with Gasteiger partial charge in [-0.25, -0.2) is 23.2 Å². The molecule has 0 radical (unpaired) electrons. The summed E-state index contributed by atoms with van der Waals surface area (Å²) in [5, 5.41) is 16.9. The van der Waals surface area contributed by atoms with Gasteiger partial charge in [-0.15, -0.1) is 5.10 Å². The van der Waals surface area contributed by atoms with E-state index in [2.05, 4.69) is 15.3 Å². The van der Waals surface area contributed by atoms with Gasteiger partial charge in [-0.1, -0.05) is 5.21 Å². The Kier molecular flexibility index (Phi) is 6.73. The number of hydrogen-bond donors (Lipinski definition) is 1. The van der Waals surface area contributed by atoms with Gasteiger partial charge in [-0.05, 0) is 25.0 Å². The van der Waals surface area contributed by atoms with Crippen LogP contribution < -0.4 is 0 Å². The summed E-state index contributed by atoms with van der Waals surface area (Å²) in [4.78, 5) is 29.0. The summed E-state index contributed by atoms with van der Waals surface area (Å²) in [7, 11) is 0. The number of oxazole rings is 1. The molecule has 1 aliphatic rings. The Balaban J connectivity index is 1.28. The standard InChI is InChI=1S/C21H21F2N5O5/c22-13-6-14(23)8-16(7-13)28-9-15(25-26-28)11-32-17-2-1-5-27(10-17)19(29)4-3-18-20(21(30)31)24-12-33-18/h6-9,12,17H,1-5,10-11H2,(H,30,31). The third-order valence-electron chi connectivity index (χ3n) is 5.26. The van der Waals surface area contributed by atoms with Crippen LogP contribution in [0.1, 0.15) is 41.2 Å². The van der Waals surface area contributed by atoms with Crippen molar-refractivity contribution < 1.29 is 32.6 Å². The van der Waals surface area contributed by atoms with Crippen molar-refractivity contribution in [2.24, 2.45) is 0 Å². The molecule has 3 heterocycles. The number of likely N-dealkylation sites (tertiary alicyclic amines) is 1. The first-order valence-electron chi connectivity index (χ1n) is 10.3. The number of ether oxygens (including phenoxy) is 1. The maximum absolute atomic E-state index is 13.4. The van der Waals surface area contributed by atoms with Crippen molar-refractivity contribution in [3.8, 4) is 5.69 Å². The fraction of sp³-hybridized carbons (Fsp3) is 0.381. The van der Waals surface area contributed by atoms with E-state index in [1.807, 2.05) is 0 Å². The van der Waals surface area contributed by atoms with Gasteiger partial charge in [0.15, 0.2) is 12.1 Å². The number of hydrogen-bond acceptors (Lipinski definition) is 7. The van der Waals surface area contributed by atoms with Crippen LogP contribution in [-0.4, -0.2) is 61.1 Å². The number of carbonyl (C=O) groups excluding carboxylic acids is 1. The largest absolute Gasteiger partial charge is 0.476 e. The molecule has 0 aliphatic carbocycles. The summed E-state index contributed by atoms with van der Waals surface area (Å²) in [6.45, 7) is 1.11. The number of amides is 1. The Morgan fingerprint density at radius 2 is 2.03 bits per heavy atom. The summed E-state index contributed by atoms with van der Waals surface area (Å²) in [5.41, 5.74) is 0.504. The number of rotatable bonds is 8. The molecule has 1 saturated heterocycles. The first-order chi connectivity index (χ1) is 15.9. The van der Waals surface area contributed by atoms with Crippen molar-refractivity contribution >= 4 is 11.9 Å². The van der Waals surface area contributed by atoms with Gasteiger partial charge in [0.05, 0.1) is 24.6 Å². The van der Waals surface area contributed by atoms with Crippen molar-refractivity contribution in [2.45, 2.75) is 38.4 Å². The molecule has 3 aromatic rings. The molecule has 0 bridgehead atoms. The summed E-state index contributed by atoms with van der Waals surface area (Å²) >= 11 is 0. The Bertz CT molecular complexity index is 1130. The third kappa shape index (κ3) is 5.58. The summed E-state index contributed by atoms with van der Waals surface area (Å²) in [6, 6.07) is 3.06. The van der Waals surface area contributed by atoms with Crippen LogP contribution >= 0.6 is 0 Å². The minimum Gasteiger partial charge on any atom is -0.476 e. The minimum absolute atomic E-state index is 0.0979. The molecule has 0 spiro atoms. The lowest BCUT2D eigenvalue weighted by molar-refractivity contribution is -0.135. The molecule has 4 rings (SSSR count). The SMILES string of the molecule is O=C(O)c1ncoc1CCC(=O)N1CCCC(OCc2cn(-c3cc(F)cc(F)c3)nn2)C1. The lowest BCUT2D eigenvalue weighted by Crippen LogP contribution is -2.43. The molecule has 2 aromatic heterocycles. The van der Waals surface area contributed by atoms with Crippen LogP contribution in [0.4, 0.5) is 8.78 Å². The van der Waals surface area contributed by atoms with Crippen LogP contribution in [-0.2, 0) is 22.6 Å². The van der Waals surface area contributed by atoms with Gasteiger partial charge < -0.3 is 19.2 Å². The van der Waals surface area contributed by atoms with E-state index in [9.17, 15) is 18.4 Å². The van der Waals surface area contributed by atoms with Gasteiger partial charge in [0.25, 0.3) is 0 Å². The summed E-state index contributed by atoms with van der Waals surface area (Å²) in [5.74, 6) is -2.59. The molecule has 1 N–H and O–H groups in total. The number of aryl methyl sites for hydroxylation is 1. The van der Waals surface area contributed by atoms with Crippen LogP contribution in [0.2, 0.25) is 0 Å². The van der Waals surface area contributed by atoms with Gasteiger partial charge >= 0.3 is 5.97 Å². The molecule has 1 amide bonds. The molecular formula is C21H21F2N5O5. The molecule has 1 unspecified atom stereocenters. The van der Waals surface area contributed by atoms with Crippen LogP contribution in [0, 0.1) is 11.6 Å². The molecule has 0 saturated carbocycles. The molecule has 10 nitrogen and oxygen atoms in total. The van der Waals surface area contributed by atoms with Crippen LogP contribution in [0.25, 0.3) is 5.69 Å². The minimum atomic E-state index is -1.20. The highest BCUT2D eigenvalue weighted by Crippen LogP contribution is 2.18. The topological polar surface area (TPSA) is 124 Å². The normalized spacial score (nSPS) is 16.2.